The van der Waals surface area contributed by atoms with Crippen LogP contribution in [0.25, 0.3) is 6.08 Å². The predicted molar refractivity (Wildman–Crippen MR) is 162 cm³/mol. The quantitative estimate of drug-likeness (QED) is 0.184. The van der Waals surface area contributed by atoms with Crippen LogP contribution in [-0.4, -0.2) is 54.1 Å². The van der Waals surface area contributed by atoms with Crippen LogP contribution in [0.3, 0.4) is 0 Å². The highest BCUT2D eigenvalue weighted by molar-refractivity contribution is 5.87. The summed E-state index contributed by atoms with van der Waals surface area (Å²) in [7, 11) is 0. The van der Waals surface area contributed by atoms with Gasteiger partial charge in [0.05, 0.1) is 0 Å². The van der Waals surface area contributed by atoms with Crippen molar-refractivity contribution in [2.75, 3.05) is 0 Å². The minimum atomic E-state index is -1.00. The van der Waals surface area contributed by atoms with Crippen molar-refractivity contribution in [3.8, 4) is 0 Å². The van der Waals surface area contributed by atoms with Crippen LogP contribution in [-0.2, 0) is 42.9 Å². The van der Waals surface area contributed by atoms with E-state index in [4.69, 9.17) is 18.9 Å². The van der Waals surface area contributed by atoms with Gasteiger partial charge in [-0.25, -0.2) is 4.79 Å². The zero-order chi connectivity index (χ0) is 32.6. The van der Waals surface area contributed by atoms with E-state index >= 15 is 0 Å². The smallest absolute Gasteiger partial charge is 0.331 e. The van der Waals surface area contributed by atoms with Crippen molar-refractivity contribution in [3.63, 3.8) is 0 Å². The van der Waals surface area contributed by atoms with Crippen LogP contribution in [0.5, 0.6) is 0 Å². The van der Waals surface area contributed by atoms with Crippen molar-refractivity contribution in [3.05, 3.63) is 54.1 Å². The molecule has 3 aliphatic carbocycles. The van der Waals surface area contributed by atoms with E-state index in [1.165, 1.54) is 26.8 Å². The Morgan fingerprint density at radius 1 is 0.886 bits per heavy atom. The van der Waals surface area contributed by atoms with Gasteiger partial charge in [0, 0.05) is 62.4 Å². The lowest BCUT2D eigenvalue weighted by Crippen LogP contribution is -2.67. The molecule has 9 nitrogen and oxygen atoms in total. The number of esters is 4. The molecule has 9 heteroatoms. The van der Waals surface area contributed by atoms with E-state index in [0.717, 1.165) is 5.56 Å². The molecule has 2 bridgehead atoms. The van der Waals surface area contributed by atoms with Gasteiger partial charge in [-0.3, -0.25) is 19.2 Å². The Morgan fingerprint density at radius 2 is 1.48 bits per heavy atom. The van der Waals surface area contributed by atoms with Crippen LogP contribution in [0, 0.1) is 34.5 Å². The SMILES string of the molecule is C=C1[C@@H](OC(=O)/C=C/c2ccccc2)CC[C@@]2(C)[C@@H](OC(C)=O)[C@H](OC(C)=O)[C@H]3[C@H](C)C(=O)C[C@@H]([C@@H](OC(C)=O)[C@H]12)C3(C)C. The van der Waals surface area contributed by atoms with Crippen molar-refractivity contribution in [2.45, 2.75) is 92.1 Å². The van der Waals surface area contributed by atoms with Crippen LogP contribution in [0.4, 0.5) is 0 Å². The lowest BCUT2D eigenvalue weighted by atomic mass is 9.46. The highest BCUT2D eigenvalue weighted by atomic mass is 16.6. The zero-order valence-electron chi connectivity index (χ0n) is 26.7. The molecule has 0 amide bonds. The van der Waals surface area contributed by atoms with Crippen LogP contribution in [0.1, 0.15) is 73.3 Å². The van der Waals surface area contributed by atoms with Crippen molar-refractivity contribution in [1.82, 2.24) is 0 Å². The average Bonchev–Trinajstić information content (AvgIpc) is 2.93. The van der Waals surface area contributed by atoms with E-state index in [-0.39, 0.29) is 12.2 Å². The number of carbonyl (C=O) groups is 5. The van der Waals surface area contributed by atoms with Gasteiger partial charge in [-0.05, 0) is 35.5 Å². The van der Waals surface area contributed by atoms with Gasteiger partial charge in [0.1, 0.15) is 30.2 Å². The molecule has 44 heavy (non-hydrogen) atoms. The Labute approximate surface area is 259 Å². The first-order valence-electron chi connectivity index (χ1n) is 15.2. The van der Waals surface area contributed by atoms with E-state index in [1.54, 1.807) is 6.08 Å². The van der Waals surface area contributed by atoms with Gasteiger partial charge < -0.3 is 18.9 Å². The molecule has 3 saturated carbocycles. The molecule has 0 heterocycles. The summed E-state index contributed by atoms with van der Waals surface area (Å²) in [5.41, 5.74) is -0.345. The maximum absolute atomic E-state index is 13.6. The van der Waals surface area contributed by atoms with Gasteiger partial charge in [0.15, 0.2) is 0 Å². The fourth-order valence-electron chi connectivity index (χ4n) is 8.20. The Morgan fingerprint density at radius 3 is 2.07 bits per heavy atom. The van der Waals surface area contributed by atoms with Crippen LogP contribution in [0.15, 0.2) is 48.6 Å². The number of hydrogen-bond acceptors (Lipinski definition) is 9. The number of hydrogen-bond donors (Lipinski definition) is 0. The molecule has 0 radical (unpaired) electrons. The third kappa shape index (κ3) is 6.37. The lowest BCUT2D eigenvalue weighted by molar-refractivity contribution is -0.235. The highest BCUT2D eigenvalue weighted by Crippen LogP contribution is 2.61. The van der Waals surface area contributed by atoms with E-state index in [2.05, 4.69) is 6.58 Å². The molecule has 238 valence electrons. The highest BCUT2D eigenvalue weighted by Gasteiger charge is 2.66. The molecule has 9 atom stereocenters. The van der Waals surface area contributed by atoms with Gasteiger partial charge in [0.25, 0.3) is 0 Å². The summed E-state index contributed by atoms with van der Waals surface area (Å²) in [6.07, 6.45) is 0.318. The van der Waals surface area contributed by atoms with E-state index in [9.17, 15) is 24.0 Å². The number of benzene rings is 1. The minimum Gasteiger partial charge on any atom is -0.462 e. The van der Waals surface area contributed by atoms with Gasteiger partial charge in [-0.1, -0.05) is 64.6 Å². The Kier molecular flexibility index (Phi) is 9.57. The molecular formula is C35H44O9. The fourth-order valence-corrected chi connectivity index (χ4v) is 8.20. The Hall–Kier alpha value is -3.75. The number of carbonyl (C=O) groups excluding carboxylic acids is 5. The zero-order valence-corrected chi connectivity index (χ0v) is 26.7. The van der Waals surface area contributed by atoms with Crippen molar-refractivity contribution in [2.24, 2.45) is 34.5 Å². The first-order chi connectivity index (χ1) is 20.6. The molecule has 0 unspecified atom stereocenters. The molecular weight excluding hydrogens is 564 g/mol. The second-order valence-electron chi connectivity index (χ2n) is 13.4. The number of rotatable bonds is 6. The maximum Gasteiger partial charge on any atom is 0.331 e. The number of fused-ring (bicyclic) bond motifs is 3. The largest absolute Gasteiger partial charge is 0.462 e. The third-order valence-electron chi connectivity index (χ3n) is 10.1. The summed E-state index contributed by atoms with van der Waals surface area (Å²) >= 11 is 0. The van der Waals surface area contributed by atoms with Crippen molar-refractivity contribution < 1.29 is 42.9 Å². The molecule has 3 aliphatic rings. The molecule has 0 spiro atoms. The second kappa shape index (κ2) is 12.7. The number of ether oxygens (including phenoxy) is 4. The van der Waals surface area contributed by atoms with Gasteiger partial charge in [-0.2, -0.15) is 0 Å². The standard InChI is InChI=1S/C35H44O9/c1-19-26(39)18-25-31(41-21(3)36)30-20(2)27(44-28(40)15-14-24-12-10-9-11-13-24)16-17-35(30,8)33(43-23(5)38)32(42-22(4)37)29(19)34(25,6)7/h9-15,19,25,27,29-33H,2,16-18H2,1,3-8H3/b15-14+/t19-,25+,27+,29-,30+,31-,32-,33+,35-/m1/s1. The van der Waals surface area contributed by atoms with Gasteiger partial charge in [-0.15, -0.1) is 0 Å². The molecule has 1 aromatic carbocycles. The van der Waals surface area contributed by atoms with Crippen LogP contribution in [0.2, 0.25) is 0 Å². The van der Waals surface area contributed by atoms with Gasteiger partial charge in [0.2, 0.25) is 0 Å². The molecule has 0 aliphatic heterocycles. The molecule has 0 N–H and O–H groups in total. The summed E-state index contributed by atoms with van der Waals surface area (Å²) in [4.78, 5) is 64.5. The minimum absolute atomic E-state index is 0.0609. The van der Waals surface area contributed by atoms with E-state index in [0.29, 0.717) is 18.4 Å². The van der Waals surface area contributed by atoms with Crippen LogP contribution >= 0.6 is 0 Å². The van der Waals surface area contributed by atoms with E-state index < -0.39 is 82.8 Å². The van der Waals surface area contributed by atoms with Crippen molar-refractivity contribution >= 4 is 35.7 Å². The second-order valence-corrected chi connectivity index (χ2v) is 13.4. The lowest BCUT2D eigenvalue weighted by Gasteiger charge is -2.61. The van der Waals surface area contributed by atoms with Gasteiger partial charge >= 0.3 is 23.9 Å². The number of ketones is 1. The number of Topliss-reactive ketones (excluding diaryl/α,β-unsaturated/α-hetero) is 1. The van der Waals surface area contributed by atoms with Crippen molar-refractivity contribution in [1.29, 1.82) is 0 Å². The monoisotopic (exact) mass is 608 g/mol. The van der Waals surface area contributed by atoms with E-state index in [1.807, 2.05) is 58.0 Å². The first kappa shape index (κ1) is 33.1. The Balaban J connectivity index is 1.84. The molecule has 3 fully saturated rings. The topological polar surface area (TPSA) is 122 Å². The summed E-state index contributed by atoms with van der Waals surface area (Å²) < 4.78 is 24.1. The average molecular weight is 609 g/mol. The molecule has 0 aromatic heterocycles. The molecule has 1 aromatic rings. The summed E-state index contributed by atoms with van der Waals surface area (Å²) in [6, 6.07) is 9.34. The first-order valence-corrected chi connectivity index (χ1v) is 15.2. The maximum atomic E-state index is 13.6. The van der Waals surface area contributed by atoms with Crippen LogP contribution < -0.4 is 0 Å². The molecule has 4 rings (SSSR count). The fraction of sp³-hybridized carbons (Fsp3) is 0.571. The Bertz CT molecular complexity index is 1340. The predicted octanol–water partition coefficient (Wildman–Crippen LogP) is 5.26. The normalized spacial score (nSPS) is 34.6. The third-order valence-corrected chi connectivity index (χ3v) is 10.1. The molecule has 0 saturated heterocycles. The summed E-state index contributed by atoms with van der Waals surface area (Å²) in [5, 5.41) is 0. The summed E-state index contributed by atoms with van der Waals surface area (Å²) in [5.74, 6) is -4.53. The summed E-state index contributed by atoms with van der Waals surface area (Å²) in [6.45, 7) is 16.0.